The van der Waals surface area contributed by atoms with E-state index in [9.17, 15) is 0 Å². The van der Waals surface area contributed by atoms with Gasteiger partial charge in [0, 0.05) is 0 Å². The number of hydrogen-bond acceptors (Lipinski definition) is 0. The Bertz CT molecular complexity index is 1360. The van der Waals surface area contributed by atoms with Crippen LogP contribution in [0, 0.1) is 13.8 Å². The van der Waals surface area contributed by atoms with Crippen molar-refractivity contribution in [1.82, 2.24) is 0 Å². The molecule has 216 valence electrons. The van der Waals surface area contributed by atoms with Crippen LogP contribution < -0.4 is 15.9 Å². The van der Waals surface area contributed by atoms with Gasteiger partial charge in [-0.15, -0.1) is 0 Å². The molecule has 0 aromatic heterocycles. The van der Waals surface area contributed by atoms with E-state index in [0.29, 0.717) is 11.3 Å². The molecule has 3 atom stereocenters. The molecule has 4 aromatic carbocycles. The third-order valence-electron chi connectivity index (χ3n) is 8.10. The SMILES string of the molecule is Cc1ccc(-c2cc(C)ccc2P[C@H](C)C[C@@H](C)P(c2ccc(C(C)(C)C)cc2)c2ccc(C(C)(C)C)cc2)cc1. The minimum absolute atomic E-state index is 0.167. The van der Waals surface area contributed by atoms with E-state index in [2.05, 4.69) is 160 Å². The maximum atomic E-state index is 2.50. The standard InChI is InChI=1S/C39H50P2/c1-27-11-14-31(15-12-27)36-25-28(2)13-24-37(36)40-29(3)26-30(4)41(34-20-16-32(17-21-34)38(5,6)7)35-22-18-33(19-23-35)39(8,9)10/h11-25,29-30,40H,26H2,1-10H3/t29-,30-/m1/s1. The molecule has 0 heterocycles. The summed E-state index contributed by atoms with van der Waals surface area (Å²) in [6, 6.07) is 35.2. The first-order chi connectivity index (χ1) is 19.2. The number of hydrogen-bond donors (Lipinski definition) is 0. The van der Waals surface area contributed by atoms with E-state index in [4.69, 9.17) is 0 Å². The van der Waals surface area contributed by atoms with E-state index in [1.165, 1.54) is 55.7 Å². The average Bonchev–Trinajstić information content (AvgIpc) is 2.90. The monoisotopic (exact) mass is 580 g/mol. The molecule has 0 aliphatic carbocycles. The van der Waals surface area contributed by atoms with Gasteiger partial charge in [-0.2, -0.15) is 0 Å². The molecule has 0 saturated heterocycles. The molecule has 0 fully saturated rings. The van der Waals surface area contributed by atoms with Crippen molar-refractivity contribution in [2.75, 3.05) is 0 Å². The molecule has 4 rings (SSSR count). The summed E-state index contributed by atoms with van der Waals surface area (Å²) < 4.78 is 0. The summed E-state index contributed by atoms with van der Waals surface area (Å²) in [5, 5.41) is 4.48. The van der Waals surface area contributed by atoms with Gasteiger partial charge in [0.2, 0.25) is 0 Å². The van der Waals surface area contributed by atoms with Gasteiger partial charge in [-0.05, 0) is 88.5 Å². The Balaban J connectivity index is 1.62. The van der Waals surface area contributed by atoms with Crippen molar-refractivity contribution in [2.24, 2.45) is 0 Å². The van der Waals surface area contributed by atoms with E-state index < -0.39 is 7.92 Å². The Morgan fingerprint density at radius 1 is 0.610 bits per heavy atom. The highest BCUT2D eigenvalue weighted by molar-refractivity contribution is 7.73. The zero-order valence-electron chi connectivity index (χ0n) is 27.0. The Morgan fingerprint density at radius 3 is 1.54 bits per heavy atom. The quantitative estimate of drug-likeness (QED) is 0.182. The molecule has 1 unspecified atom stereocenters. The van der Waals surface area contributed by atoms with Crippen LogP contribution >= 0.6 is 16.5 Å². The maximum absolute atomic E-state index is 2.50. The Morgan fingerprint density at radius 2 is 1.07 bits per heavy atom. The number of benzene rings is 4. The van der Waals surface area contributed by atoms with E-state index >= 15 is 0 Å². The molecule has 4 aromatic rings. The van der Waals surface area contributed by atoms with E-state index in [-0.39, 0.29) is 10.8 Å². The summed E-state index contributed by atoms with van der Waals surface area (Å²) in [5.41, 5.74) is 9.73. The van der Waals surface area contributed by atoms with Crippen molar-refractivity contribution >= 4 is 32.4 Å². The van der Waals surface area contributed by atoms with Gasteiger partial charge in [0.25, 0.3) is 0 Å². The largest absolute Gasteiger partial charge is 0.0868 e. The van der Waals surface area contributed by atoms with Crippen LogP contribution in [0.15, 0.2) is 91.0 Å². The molecule has 0 saturated carbocycles. The summed E-state index contributed by atoms with van der Waals surface area (Å²) in [7, 11) is 0.317. The summed E-state index contributed by atoms with van der Waals surface area (Å²) in [4.78, 5) is 0. The molecule has 2 heteroatoms. The lowest BCUT2D eigenvalue weighted by molar-refractivity contribution is 0.590. The smallest absolute Gasteiger partial charge is 0.0107 e. The first-order valence-corrected chi connectivity index (χ1v) is 17.7. The third-order valence-corrected chi connectivity index (χ3v) is 12.4. The first kappa shape index (κ1) is 31.7. The molecule has 0 aliphatic rings. The summed E-state index contributed by atoms with van der Waals surface area (Å²) in [5.74, 6) is 0. The lowest BCUT2D eigenvalue weighted by atomic mass is 9.87. The topological polar surface area (TPSA) is 0 Å². The van der Waals surface area contributed by atoms with Crippen molar-refractivity contribution in [3.63, 3.8) is 0 Å². The highest BCUT2D eigenvalue weighted by atomic mass is 31.1. The summed E-state index contributed by atoms with van der Waals surface area (Å²) in [6.45, 7) is 23.2. The zero-order valence-corrected chi connectivity index (χ0v) is 28.9. The van der Waals surface area contributed by atoms with Gasteiger partial charge in [-0.1, -0.05) is 166 Å². The molecule has 0 bridgehead atoms. The highest BCUT2D eigenvalue weighted by Crippen LogP contribution is 2.44. The van der Waals surface area contributed by atoms with Crippen molar-refractivity contribution in [3.05, 3.63) is 113 Å². The third kappa shape index (κ3) is 8.19. The van der Waals surface area contributed by atoms with Crippen molar-refractivity contribution < 1.29 is 0 Å². The normalized spacial score (nSPS) is 14.1. The fourth-order valence-corrected chi connectivity index (χ4v) is 10.1. The fourth-order valence-electron chi connectivity index (χ4n) is 5.60. The van der Waals surface area contributed by atoms with Crippen LogP contribution in [0.25, 0.3) is 11.1 Å². The molecular formula is C39H50P2. The molecule has 0 nitrogen and oxygen atoms in total. The molecule has 41 heavy (non-hydrogen) atoms. The van der Waals surface area contributed by atoms with Crippen LogP contribution in [0.2, 0.25) is 0 Å². The molecule has 0 amide bonds. The van der Waals surface area contributed by atoms with Crippen LogP contribution in [-0.4, -0.2) is 11.3 Å². The van der Waals surface area contributed by atoms with Crippen LogP contribution in [-0.2, 0) is 10.8 Å². The number of aryl methyl sites for hydroxylation is 2. The second-order valence-corrected chi connectivity index (χ2v) is 18.5. The van der Waals surface area contributed by atoms with Crippen molar-refractivity contribution in [2.45, 2.75) is 97.8 Å². The summed E-state index contributed by atoms with van der Waals surface area (Å²) in [6.07, 6.45) is 1.22. The van der Waals surface area contributed by atoms with Gasteiger partial charge in [-0.25, -0.2) is 0 Å². The predicted molar refractivity (Wildman–Crippen MR) is 189 cm³/mol. The van der Waals surface area contributed by atoms with Gasteiger partial charge in [0.15, 0.2) is 0 Å². The number of rotatable bonds is 8. The molecule has 0 radical (unpaired) electrons. The Labute approximate surface area is 253 Å². The molecule has 0 spiro atoms. The van der Waals surface area contributed by atoms with Crippen LogP contribution in [0.5, 0.6) is 0 Å². The fraction of sp³-hybridized carbons (Fsp3) is 0.385. The molecule has 0 aliphatic heterocycles. The summed E-state index contributed by atoms with van der Waals surface area (Å²) >= 11 is 0. The predicted octanol–water partition coefficient (Wildman–Crippen LogP) is 10.2. The van der Waals surface area contributed by atoms with Gasteiger partial charge in [0.05, 0.1) is 0 Å². The van der Waals surface area contributed by atoms with Crippen LogP contribution in [0.1, 0.15) is 84.1 Å². The minimum atomic E-state index is -0.472. The zero-order chi connectivity index (χ0) is 29.9. The van der Waals surface area contributed by atoms with Crippen LogP contribution in [0.4, 0.5) is 0 Å². The van der Waals surface area contributed by atoms with E-state index in [0.717, 1.165) is 8.58 Å². The molecule has 0 N–H and O–H groups in total. The van der Waals surface area contributed by atoms with Gasteiger partial charge >= 0.3 is 0 Å². The van der Waals surface area contributed by atoms with Gasteiger partial charge in [0.1, 0.15) is 0 Å². The average molecular weight is 581 g/mol. The molecular weight excluding hydrogens is 530 g/mol. The Kier molecular flexibility index (Phi) is 10.00. The van der Waals surface area contributed by atoms with Gasteiger partial charge in [-0.3, -0.25) is 0 Å². The Hall–Kier alpha value is -2.26. The first-order valence-electron chi connectivity index (χ1n) is 15.2. The van der Waals surface area contributed by atoms with Crippen molar-refractivity contribution in [1.29, 1.82) is 0 Å². The minimum Gasteiger partial charge on any atom is -0.0868 e. The van der Waals surface area contributed by atoms with Gasteiger partial charge < -0.3 is 0 Å². The second-order valence-electron chi connectivity index (χ2n) is 14.0. The van der Waals surface area contributed by atoms with Crippen LogP contribution in [0.3, 0.4) is 0 Å². The lowest BCUT2D eigenvalue weighted by Crippen LogP contribution is -2.23. The van der Waals surface area contributed by atoms with E-state index in [1.807, 2.05) is 0 Å². The van der Waals surface area contributed by atoms with Crippen molar-refractivity contribution in [3.8, 4) is 11.1 Å². The van der Waals surface area contributed by atoms with E-state index in [1.54, 1.807) is 0 Å². The highest BCUT2D eigenvalue weighted by Gasteiger charge is 2.25. The lowest BCUT2D eigenvalue weighted by Gasteiger charge is -2.30. The maximum Gasteiger partial charge on any atom is -0.0107 e. The second kappa shape index (κ2) is 12.9.